The minimum Gasteiger partial charge on any atom is -0.312 e. The number of thiophene rings is 1. The predicted molar refractivity (Wildman–Crippen MR) is 82.1 cm³/mol. The second-order valence-electron chi connectivity index (χ2n) is 6.11. The largest absolute Gasteiger partial charge is 0.312 e. The minimum absolute atomic E-state index is 0.332. The van der Waals surface area contributed by atoms with Crippen LogP contribution in [0.1, 0.15) is 44.4 Å². The van der Waals surface area contributed by atoms with Gasteiger partial charge in [0.1, 0.15) is 0 Å². The summed E-state index contributed by atoms with van der Waals surface area (Å²) in [5.41, 5.74) is 0.332. The van der Waals surface area contributed by atoms with E-state index in [9.17, 15) is 0 Å². The van der Waals surface area contributed by atoms with Crippen molar-refractivity contribution in [2.75, 3.05) is 13.6 Å². The van der Waals surface area contributed by atoms with Gasteiger partial charge in [0, 0.05) is 28.9 Å². The Kier molecular flexibility index (Phi) is 5.83. The number of nitrogens with zero attached hydrogens (tertiary/aromatic N) is 1. The van der Waals surface area contributed by atoms with Gasteiger partial charge in [-0.1, -0.05) is 27.7 Å². The molecule has 0 saturated carbocycles. The van der Waals surface area contributed by atoms with E-state index < -0.39 is 0 Å². The van der Waals surface area contributed by atoms with Crippen LogP contribution in [0, 0.1) is 5.41 Å². The zero-order valence-electron chi connectivity index (χ0n) is 12.7. The first-order chi connectivity index (χ1) is 8.34. The SMILES string of the molecule is CCNCc1ccc(CN(C)C(C)C(C)(C)C)s1. The van der Waals surface area contributed by atoms with Crippen molar-refractivity contribution in [1.82, 2.24) is 10.2 Å². The van der Waals surface area contributed by atoms with Crippen molar-refractivity contribution < 1.29 is 0 Å². The molecule has 104 valence electrons. The Balaban J connectivity index is 2.54. The summed E-state index contributed by atoms with van der Waals surface area (Å²) in [6.07, 6.45) is 0. The van der Waals surface area contributed by atoms with Crippen LogP contribution in [0.3, 0.4) is 0 Å². The number of nitrogens with one attached hydrogen (secondary N) is 1. The summed E-state index contributed by atoms with van der Waals surface area (Å²) in [5.74, 6) is 0. The fraction of sp³-hybridized carbons (Fsp3) is 0.733. The lowest BCUT2D eigenvalue weighted by atomic mass is 9.87. The second kappa shape index (κ2) is 6.69. The molecule has 0 aromatic carbocycles. The van der Waals surface area contributed by atoms with Gasteiger partial charge < -0.3 is 5.32 Å². The molecule has 1 aromatic heterocycles. The van der Waals surface area contributed by atoms with Crippen LogP contribution in [0.25, 0.3) is 0 Å². The van der Waals surface area contributed by atoms with Gasteiger partial charge in [0.15, 0.2) is 0 Å². The number of rotatable bonds is 6. The first kappa shape index (κ1) is 15.7. The molecular weight excluding hydrogens is 240 g/mol. The van der Waals surface area contributed by atoms with Crippen LogP contribution in [0.5, 0.6) is 0 Å². The van der Waals surface area contributed by atoms with E-state index in [-0.39, 0.29) is 0 Å². The summed E-state index contributed by atoms with van der Waals surface area (Å²) < 4.78 is 0. The fourth-order valence-electron chi connectivity index (χ4n) is 1.89. The molecule has 0 aliphatic rings. The summed E-state index contributed by atoms with van der Waals surface area (Å²) in [6, 6.07) is 5.10. The van der Waals surface area contributed by atoms with Crippen LogP contribution >= 0.6 is 11.3 Å². The first-order valence-electron chi connectivity index (χ1n) is 6.83. The summed E-state index contributed by atoms with van der Waals surface area (Å²) in [7, 11) is 2.22. The van der Waals surface area contributed by atoms with Crippen molar-refractivity contribution in [2.45, 2.75) is 53.8 Å². The quantitative estimate of drug-likeness (QED) is 0.846. The molecule has 1 aromatic rings. The van der Waals surface area contributed by atoms with Gasteiger partial charge in [0.25, 0.3) is 0 Å². The van der Waals surface area contributed by atoms with Crippen LogP contribution in [-0.4, -0.2) is 24.5 Å². The summed E-state index contributed by atoms with van der Waals surface area (Å²) in [4.78, 5) is 5.34. The maximum Gasteiger partial charge on any atom is 0.0328 e. The topological polar surface area (TPSA) is 15.3 Å². The highest BCUT2D eigenvalue weighted by molar-refractivity contribution is 7.11. The molecule has 1 heterocycles. The van der Waals surface area contributed by atoms with Crippen molar-refractivity contribution in [3.63, 3.8) is 0 Å². The van der Waals surface area contributed by atoms with Crippen molar-refractivity contribution >= 4 is 11.3 Å². The molecule has 0 aliphatic heterocycles. The van der Waals surface area contributed by atoms with Crippen LogP contribution in [0.15, 0.2) is 12.1 Å². The zero-order chi connectivity index (χ0) is 13.8. The highest BCUT2D eigenvalue weighted by Gasteiger charge is 2.23. The Bertz CT molecular complexity index is 352. The molecule has 18 heavy (non-hydrogen) atoms. The maximum atomic E-state index is 3.38. The maximum absolute atomic E-state index is 3.38. The van der Waals surface area contributed by atoms with E-state index in [1.165, 1.54) is 9.75 Å². The Morgan fingerprint density at radius 3 is 2.44 bits per heavy atom. The predicted octanol–water partition coefficient (Wildman–Crippen LogP) is 3.72. The summed E-state index contributed by atoms with van der Waals surface area (Å²) in [6.45, 7) is 14.5. The molecule has 0 radical (unpaired) electrons. The van der Waals surface area contributed by atoms with E-state index in [4.69, 9.17) is 0 Å². The minimum atomic E-state index is 0.332. The van der Waals surface area contributed by atoms with Crippen molar-refractivity contribution in [1.29, 1.82) is 0 Å². The highest BCUT2D eigenvalue weighted by atomic mass is 32.1. The van der Waals surface area contributed by atoms with Gasteiger partial charge in [-0.3, -0.25) is 4.90 Å². The van der Waals surface area contributed by atoms with Gasteiger partial charge in [0.2, 0.25) is 0 Å². The van der Waals surface area contributed by atoms with E-state index in [0.29, 0.717) is 11.5 Å². The van der Waals surface area contributed by atoms with Crippen LogP contribution in [0.4, 0.5) is 0 Å². The van der Waals surface area contributed by atoms with Crippen LogP contribution in [0.2, 0.25) is 0 Å². The number of hydrogen-bond acceptors (Lipinski definition) is 3. The molecular formula is C15H28N2S. The van der Waals surface area contributed by atoms with Crippen molar-refractivity contribution in [3.05, 3.63) is 21.9 Å². The molecule has 0 spiro atoms. The Labute approximate surface area is 116 Å². The summed E-state index contributed by atoms with van der Waals surface area (Å²) >= 11 is 1.93. The monoisotopic (exact) mass is 268 g/mol. The third kappa shape index (κ3) is 4.71. The zero-order valence-corrected chi connectivity index (χ0v) is 13.5. The average molecular weight is 268 g/mol. The highest BCUT2D eigenvalue weighted by Crippen LogP contribution is 2.26. The number of hydrogen-bond donors (Lipinski definition) is 1. The van der Waals surface area contributed by atoms with Crippen LogP contribution < -0.4 is 5.32 Å². The van der Waals surface area contributed by atoms with Gasteiger partial charge in [-0.2, -0.15) is 0 Å². The van der Waals surface area contributed by atoms with Gasteiger partial charge in [-0.25, -0.2) is 0 Å². The van der Waals surface area contributed by atoms with Gasteiger partial charge in [-0.05, 0) is 38.1 Å². The van der Waals surface area contributed by atoms with Crippen molar-refractivity contribution in [2.24, 2.45) is 5.41 Å². The van der Waals surface area contributed by atoms with E-state index in [2.05, 4.69) is 64.0 Å². The fourth-order valence-corrected chi connectivity index (χ4v) is 2.95. The van der Waals surface area contributed by atoms with E-state index in [1.807, 2.05) is 11.3 Å². The van der Waals surface area contributed by atoms with Crippen LogP contribution in [-0.2, 0) is 13.1 Å². The summed E-state index contributed by atoms with van der Waals surface area (Å²) in [5, 5.41) is 3.38. The van der Waals surface area contributed by atoms with Crippen molar-refractivity contribution in [3.8, 4) is 0 Å². The van der Waals surface area contributed by atoms with Gasteiger partial charge >= 0.3 is 0 Å². The Morgan fingerprint density at radius 1 is 1.28 bits per heavy atom. The van der Waals surface area contributed by atoms with Gasteiger partial charge in [-0.15, -0.1) is 11.3 Å². The lowest BCUT2D eigenvalue weighted by Crippen LogP contribution is -2.38. The van der Waals surface area contributed by atoms with Gasteiger partial charge in [0.05, 0.1) is 0 Å². The standard InChI is InChI=1S/C15H28N2S/c1-7-16-10-13-8-9-14(18-13)11-17(6)12(2)15(3,4)5/h8-9,12,16H,7,10-11H2,1-6H3. The molecule has 0 fully saturated rings. The molecule has 1 N–H and O–H groups in total. The third-order valence-corrected chi connectivity index (χ3v) is 4.66. The molecule has 0 aliphatic carbocycles. The molecule has 1 atom stereocenters. The van der Waals surface area contributed by atoms with E-state index >= 15 is 0 Å². The molecule has 0 bridgehead atoms. The molecule has 1 rings (SSSR count). The molecule has 0 saturated heterocycles. The molecule has 2 nitrogen and oxygen atoms in total. The Hall–Kier alpha value is -0.380. The lowest BCUT2D eigenvalue weighted by Gasteiger charge is -2.35. The van der Waals surface area contributed by atoms with E-state index in [0.717, 1.165) is 19.6 Å². The average Bonchev–Trinajstić information content (AvgIpc) is 2.71. The third-order valence-electron chi connectivity index (χ3n) is 3.59. The first-order valence-corrected chi connectivity index (χ1v) is 7.64. The lowest BCUT2D eigenvalue weighted by molar-refractivity contribution is 0.136. The molecule has 3 heteroatoms. The normalized spacial score (nSPS) is 14.2. The molecule has 1 unspecified atom stereocenters. The van der Waals surface area contributed by atoms with E-state index in [1.54, 1.807) is 0 Å². The second-order valence-corrected chi connectivity index (χ2v) is 7.36. The smallest absolute Gasteiger partial charge is 0.0328 e. The molecule has 0 amide bonds. The Morgan fingerprint density at radius 2 is 1.89 bits per heavy atom.